The first-order valence-corrected chi connectivity index (χ1v) is 7.38. The molecule has 3 aromatic rings. The van der Waals surface area contributed by atoms with Crippen LogP contribution < -0.4 is 5.32 Å². The summed E-state index contributed by atoms with van der Waals surface area (Å²) in [7, 11) is 0. The summed E-state index contributed by atoms with van der Waals surface area (Å²) in [6.07, 6.45) is 3.30. The Morgan fingerprint density at radius 2 is 2.09 bits per heavy atom. The lowest BCUT2D eigenvalue weighted by molar-refractivity contribution is 0.102. The van der Waals surface area contributed by atoms with Crippen molar-refractivity contribution < 1.29 is 9.32 Å². The SMILES string of the molecule is Cc1ccc(Cl)cc1NC(=O)c1c(-c2cccnc2)noc1C. The first-order valence-electron chi connectivity index (χ1n) is 7.00. The number of aryl methyl sites for hydroxylation is 2. The number of rotatable bonds is 3. The number of nitrogens with zero attached hydrogens (tertiary/aromatic N) is 2. The zero-order valence-corrected chi connectivity index (χ0v) is 13.4. The molecule has 0 fully saturated rings. The van der Waals surface area contributed by atoms with Gasteiger partial charge in [0.25, 0.3) is 5.91 Å². The van der Waals surface area contributed by atoms with Gasteiger partial charge >= 0.3 is 0 Å². The minimum Gasteiger partial charge on any atom is -0.360 e. The molecular weight excluding hydrogens is 314 g/mol. The van der Waals surface area contributed by atoms with E-state index in [2.05, 4.69) is 15.5 Å². The molecule has 0 unspecified atom stereocenters. The monoisotopic (exact) mass is 327 g/mol. The maximum absolute atomic E-state index is 12.7. The molecule has 0 saturated carbocycles. The van der Waals surface area contributed by atoms with E-state index in [9.17, 15) is 4.79 Å². The maximum atomic E-state index is 12.7. The molecule has 0 atom stereocenters. The van der Waals surface area contributed by atoms with Crippen LogP contribution in [-0.4, -0.2) is 16.0 Å². The number of carbonyl (C=O) groups is 1. The Morgan fingerprint density at radius 3 is 2.83 bits per heavy atom. The van der Waals surface area contributed by atoms with Crippen molar-refractivity contribution in [3.8, 4) is 11.3 Å². The van der Waals surface area contributed by atoms with Gasteiger partial charge in [0.2, 0.25) is 0 Å². The molecule has 0 aliphatic carbocycles. The van der Waals surface area contributed by atoms with E-state index in [1.165, 1.54) is 0 Å². The van der Waals surface area contributed by atoms with E-state index in [-0.39, 0.29) is 5.91 Å². The third-order valence-electron chi connectivity index (χ3n) is 3.47. The van der Waals surface area contributed by atoms with Crippen LogP contribution in [0.2, 0.25) is 5.02 Å². The normalized spacial score (nSPS) is 10.6. The fraction of sp³-hybridized carbons (Fsp3) is 0.118. The van der Waals surface area contributed by atoms with E-state index in [1.54, 1.807) is 37.5 Å². The van der Waals surface area contributed by atoms with Gasteiger partial charge in [0, 0.05) is 28.7 Å². The molecule has 0 bridgehead atoms. The lowest BCUT2D eigenvalue weighted by Crippen LogP contribution is -2.14. The van der Waals surface area contributed by atoms with Crippen molar-refractivity contribution in [2.24, 2.45) is 0 Å². The summed E-state index contributed by atoms with van der Waals surface area (Å²) in [5.41, 5.74) is 3.14. The number of hydrogen-bond donors (Lipinski definition) is 1. The number of nitrogens with one attached hydrogen (secondary N) is 1. The predicted octanol–water partition coefficient (Wildman–Crippen LogP) is 4.26. The largest absolute Gasteiger partial charge is 0.360 e. The number of aromatic nitrogens is 2. The fourth-order valence-electron chi connectivity index (χ4n) is 2.25. The van der Waals surface area contributed by atoms with Gasteiger partial charge in [-0.3, -0.25) is 9.78 Å². The molecule has 5 nitrogen and oxygen atoms in total. The molecule has 116 valence electrons. The van der Waals surface area contributed by atoms with Crippen molar-refractivity contribution >= 4 is 23.2 Å². The molecule has 1 N–H and O–H groups in total. The van der Waals surface area contributed by atoms with E-state index >= 15 is 0 Å². The second kappa shape index (κ2) is 6.22. The molecule has 0 radical (unpaired) electrons. The number of amides is 1. The summed E-state index contributed by atoms with van der Waals surface area (Å²) >= 11 is 5.99. The molecule has 0 aliphatic rings. The molecule has 0 spiro atoms. The van der Waals surface area contributed by atoms with Crippen LogP contribution in [0.15, 0.2) is 47.2 Å². The molecule has 0 saturated heterocycles. The standard InChI is InChI=1S/C17H14ClN3O2/c1-10-5-6-13(18)8-14(10)20-17(22)15-11(2)23-21-16(15)12-4-3-7-19-9-12/h3-9H,1-2H3,(H,20,22). The summed E-state index contributed by atoms with van der Waals surface area (Å²) in [5, 5.41) is 7.40. The van der Waals surface area contributed by atoms with E-state index < -0.39 is 0 Å². The van der Waals surface area contributed by atoms with Gasteiger partial charge in [0.15, 0.2) is 0 Å². The van der Waals surface area contributed by atoms with Gasteiger partial charge in [0.1, 0.15) is 17.0 Å². The highest BCUT2D eigenvalue weighted by Crippen LogP contribution is 2.27. The Labute approximate surface area is 138 Å². The van der Waals surface area contributed by atoms with Crippen LogP contribution in [0.1, 0.15) is 21.7 Å². The summed E-state index contributed by atoms with van der Waals surface area (Å²) in [6, 6.07) is 8.94. The Bertz CT molecular complexity index is 860. The van der Waals surface area contributed by atoms with Crippen molar-refractivity contribution in [3.63, 3.8) is 0 Å². The van der Waals surface area contributed by atoms with Gasteiger partial charge < -0.3 is 9.84 Å². The molecular formula is C17H14ClN3O2. The molecule has 23 heavy (non-hydrogen) atoms. The second-order valence-corrected chi connectivity index (χ2v) is 5.55. The van der Waals surface area contributed by atoms with Crippen LogP contribution in [0.25, 0.3) is 11.3 Å². The summed E-state index contributed by atoms with van der Waals surface area (Å²) in [4.78, 5) is 16.7. The van der Waals surface area contributed by atoms with Gasteiger partial charge in [0.05, 0.1) is 0 Å². The Kier molecular flexibility index (Phi) is 4.12. The molecule has 1 amide bonds. The Balaban J connectivity index is 1.97. The highest BCUT2D eigenvalue weighted by molar-refractivity contribution is 6.31. The summed E-state index contributed by atoms with van der Waals surface area (Å²) in [5.74, 6) is 0.147. The lowest BCUT2D eigenvalue weighted by atomic mass is 10.1. The Morgan fingerprint density at radius 1 is 1.26 bits per heavy atom. The van der Waals surface area contributed by atoms with E-state index in [4.69, 9.17) is 16.1 Å². The summed E-state index contributed by atoms with van der Waals surface area (Å²) in [6.45, 7) is 3.60. The number of anilines is 1. The van der Waals surface area contributed by atoms with Crippen molar-refractivity contribution in [1.82, 2.24) is 10.1 Å². The van der Waals surface area contributed by atoms with E-state index in [1.807, 2.05) is 19.1 Å². The topological polar surface area (TPSA) is 68.0 Å². The first-order chi connectivity index (χ1) is 11.1. The number of pyridine rings is 1. The first kappa shape index (κ1) is 15.2. The molecule has 6 heteroatoms. The minimum atomic E-state index is -0.298. The highest BCUT2D eigenvalue weighted by atomic mass is 35.5. The van der Waals surface area contributed by atoms with Crippen LogP contribution in [0.3, 0.4) is 0 Å². The maximum Gasteiger partial charge on any atom is 0.261 e. The number of halogens is 1. The van der Waals surface area contributed by atoms with Crippen molar-refractivity contribution in [1.29, 1.82) is 0 Å². The van der Waals surface area contributed by atoms with Crippen molar-refractivity contribution in [2.45, 2.75) is 13.8 Å². The zero-order valence-electron chi connectivity index (χ0n) is 12.6. The molecule has 1 aromatic carbocycles. The van der Waals surface area contributed by atoms with Crippen molar-refractivity contribution in [3.05, 3.63) is 64.6 Å². The third-order valence-corrected chi connectivity index (χ3v) is 3.71. The van der Waals surface area contributed by atoms with Gasteiger partial charge in [-0.2, -0.15) is 0 Å². The Hall–Kier alpha value is -2.66. The average Bonchev–Trinajstić information content (AvgIpc) is 2.93. The van der Waals surface area contributed by atoms with Crippen LogP contribution in [-0.2, 0) is 0 Å². The van der Waals surface area contributed by atoms with Crippen LogP contribution in [0, 0.1) is 13.8 Å². The number of benzene rings is 1. The van der Waals surface area contributed by atoms with Gasteiger partial charge in [-0.25, -0.2) is 0 Å². The molecule has 2 heterocycles. The predicted molar refractivity (Wildman–Crippen MR) is 88.6 cm³/mol. The molecule has 3 rings (SSSR count). The van der Waals surface area contributed by atoms with Crippen LogP contribution >= 0.6 is 11.6 Å². The highest BCUT2D eigenvalue weighted by Gasteiger charge is 2.22. The third kappa shape index (κ3) is 3.10. The van der Waals surface area contributed by atoms with Crippen LogP contribution in [0.5, 0.6) is 0 Å². The molecule has 0 aliphatic heterocycles. The zero-order chi connectivity index (χ0) is 16.4. The molecule has 2 aromatic heterocycles. The average molecular weight is 328 g/mol. The van der Waals surface area contributed by atoms with Crippen molar-refractivity contribution in [2.75, 3.05) is 5.32 Å². The quantitative estimate of drug-likeness (QED) is 0.780. The minimum absolute atomic E-state index is 0.298. The van der Waals surface area contributed by atoms with E-state index in [0.29, 0.717) is 27.7 Å². The van der Waals surface area contributed by atoms with Gasteiger partial charge in [-0.15, -0.1) is 0 Å². The second-order valence-electron chi connectivity index (χ2n) is 5.12. The lowest BCUT2D eigenvalue weighted by Gasteiger charge is -2.09. The van der Waals surface area contributed by atoms with E-state index in [0.717, 1.165) is 11.1 Å². The fourth-order valence-corrected chi connectivity index (χ4v) is 2.43. The summed E-state index contributed by atoms with van der Waals surface area (Å²) < 4.78 is 5.20. The number of carbonyl (C=O) groups excluding carboxylic acids is 1. The number of hydrogen-bond acceptors (Lipinski definition) is 4. The van der Waals surface area contributed by atoms with Gasteiger partial charge in [-0.05, 0) is 43.7 Å². The van der Waals surface area contributed by atoms with Crippen LogP contribution in [0.4, 0.5) is 5.69 Å². The smallest absolute Gasteiger partial charge is 0.261 e. The van der Waals surface area contributed by atoms with Gasteiger partial charge in [-0.1, -0.05) is 22.8 Å².